The normalized spacial score (nSPS) is 16.1. The van der Waals surface area contributed by atoms with Gasteiger partial charge in [0.15, 0.2) is 11.5 Å². The van der Waals surface area contributed by atoms with E-state index in [1.807, 2.05) is 24.3 Å². The Hall–Kier alpha value is -1.53. The van der Waals surface area contributed by atoms with Gasteiger partial charge in [-0.2, -0.15) is 0 Å². The number of ether oxygens (including phenoxy) is 2. The predicted molar refractivity (Wildman–Crippen MR) is 104 cm³/mol. The lowest BCUT2D eigenvalue weighted by Gasteiger charge is -2.13. The molecule has 0 N–H and O–H groups in total. The first-order valence-electron chi connectivity index (χ1n) is 8.08. The number of nitrogens with zero attached hydrogens (tertiary/aromatic N) is 1. The molecule has 0 aromatic heterocycles. The van der Waals surface area contributed by atoms with E-state index in [0.717, 1.165) is 18.4 Å². The van der Waals surface area contributed by atoms with E-state index in [1.165, 1.54) is 24.6 Å². The summed E-state index contributed by atoms with van der Waals surface area (Å²) in [6, 6.07) is 5.58. The van der Waals surface area contributed by atoms with Gasteiger partial charge >= 0.3 is 0 Å². The standard InChI is InChI=1S/C18H23NO3S2/c1-4-5-6-7-10-19-17(20)16(24-18(19)23)12-13-8-9-14(21-2)15(11-13)22-3/h8-9,11-12H,4-7,10H2,1-3H3/b16-12+. The summed E-state index contributed by atoms with van der Waals surface area (Å²) in [7, 11) is 3.19. The molecule has 130 valence electrons. The highest BCUT2D eigenvalue weighted by molar-refractivity contribution is 8.26. The van der Waals surface area contributed by atoms with Crippen LogP contribution in [0.1, 0.15) is 38.2 Å². The second kappa shape index (κ2) is 9.08. The van der Waals surface area contributed by atoms with Crippen molar-refractivity contribution in [2.75, 3.05) is 20.8 Å². The minimum atomic E-state index is -0.00344. The molecular formula is C18H23NO3S2. The summed E-state index contributed by atoms with van der Waals surface area (Å²) in [5.74, 6) is 1.30. The maximum atomic E-state index is 12.6. The number of unbranched alkanes of at least 4 members (excludes halogenated alkanes) is 3. The third-order valence-corrected chi connectivity index (χ3v) is 5.19. The fraction of sp³-hybridized carbons (Fsp3) is 0.444. The summed E-state index contributed by atoms with van der Waals surface area (Å²) >= 11 is 6.72. The Morgan fingerprint density at radius 1 is 1.17 bits per heavy atom. The van der Waals surface area contributed by atoms with Gasteiger partial charge in [0.25, 0.3) is 5.91 Å². The quantitative estimate of drug-likeness (QED) is 0.386. The number of carbonyl (C=O) groups is 1. The first-order valence-corrected chi connectivity index (χ1v) is 9.30. The molecule has 24 heavy (non-hydrogen) atoms. The van der Waals surface area contributed by atoms with Crippen molar-refractivity contribution in [2.45, 2.75) is 32.6 Å². The monoisotopic (exact) mass is 365 g/mol. The topological polar surface area (TPSA) is 38.8 Å². The summed E-state index contributed by atoms with van der Waals surface area (Å²) in [6.07, 6.45) is 6.34. The van der Waals surface area contributed by atoms with Crippen molar-refractivity contribution in [3.63, 3.8) is 0 Å². The van der Waals surface area contributed by atoms with Crippen LogP contribution in [0.25, 0.3) is 6.08 Å². The van der Waals surface area contributed by atoms with Crippen molar-refractivity contribution in [1.82, 2.24) is 4.90 Å². The number of amides is 1. The number of carbonyl (C=O) groups excluding carboxylic acids is 1. The summed E-state index contributed by atoms with van der Waals surface area (Å²) in [5.41, 5.74) is 0.888. The van der Waals surface area contributed by atoms with Crippen molar-refractivity contribution >= 4 is 40.3 Å². The van der Waals surface area contributed by atoms with Gasteiger partial charge in [-0.15, -0.1) is 0 Å². The molecule has 0 radical (unpaired) electrons. The third kappa shape index (κ3) is 4.51. The third-order valence-electron chi connectivity index (χ3n) is 3.81. The molecule has 1 aromatic rings. The number of thioether (sulfide) groups is 1. The Labute approximate surface area is 153 Å². The molecule has 1 fully saturated rings. The van der Waals surface area contributed by atoms with E-state index in [4.69, 9.17) is 21.7 Å². The number of rotatable bonds is 8. The van der Waals surface area contributed by atoms with Crippen molar-refractivity contribution in [2.24, 2.45) is 0 Å². The summed E-state index contributed by atoms with van der Waals surface area (Å²) in [6.45, 7) is 2.87. The van der Waals surface area contributed by atoms with Crippen LogP contribution in [-0.2, 0) is 4.79 Å². The molecule has 1 heterocycles. The lowest BCUT2D eigenvalue weighted by Crippen LogP contribution is -2.28. The van der Waals surface area contributed by atoms with Gasteiger partial charge in [0.05, 0.1) is 19.1 Å². The highest BCUT2D eigenvalue weighted by Crippen LogP contribution is 2.34. The van der Waals surface area contributed by atoms with E-state index < -0.39 is 0 Å². The number of benzene rings is 1. The Morgan fingerprint density at radius 2 is 1.92 bits per heavy atom. The maximum absolute atomic E-state index is 12.6. The zero-order valence-electron chi connectivity index (χ0n) is 14.3. The van der Waals surface area contributed by atoms with E-state index in [1.54, 1.807) is 19.1 Å². The van der Waals surface area contributed by atoms with E-state index in [-0.39, 0.29) is 5.91 Å². The molecule has 1 aliphatic heterocycles. The van der Waals surface area contributed by atoms with E-state index in [0.29, 0.717) is 27.3 Å². The Bertz CT molecular complexity index is 643. The van der Waals surface area contributed by atoms with Crippen LogP contribution in [0.4, 0.5) is 0 Å². The lowest BCUT2D eigenvalue weighted by molar-refractivity contribution is -0.122. The molecule has 0 atom stereocenters. The van der Waals surface area contributed by atoms with Gasteiger partial charge in [-0.25, -0.2) is 0 Å². The molecular weight excluding hydrogens is 342 g/mol. The zero-order valence-corrected chi connectivity index (χ0v) is 16.0. The van der Waals surface area contributed by atoms with Crippen molar-refractivity contribution in [1.29, 1.82) is 0 Å². The highest BCUT2D eigenvalue weighted by Gasteiger charge is 2.31. The van der Waals surface area contributed by atoms with Crippen molar-refractivity contribution in [3.8, 4) is 11.5 Å². The van der Waals surface area contributed by atoms with Gasteiger partial charge < -0.3 is 9.47 Å². The summed E-state index contributed by atoms with van der Waals surface area (Å²) in [4.78, 5) is 14.9. The second-order valence-electron chi connectivity index (χ2n) is 5.51. The molecule has 1 aliphatic rings. The van der Waals surface area contributed by atoms with Crippen LogP contribution in [0, 0.1) is 0 Å². The van der Waals surface area contributed by atoms with E-state index in [9.17, 15) is 4.79 Å². The Balaban J connectivity index is 2.10. The highest BCUT2D eigenvalue weighted by atomic mass is 32.2. The Morgan fingerprint density at radius 3 is 2.58 bits per heavy atom. The van der Waals surface area contributed by atoms with E-state index >= 15 is 0 Å². The van der Waals surface area contributed by atoms with Crippen LogP contribution < -0.4 is 9.47 Å². The number of hydrogen-bond donors (Lipinski definition) is 0. The second-order valence-corrected chi connectivity index (χ2v) is 7.18. The number of hydrogen-bond acceptors (Lipinski definition) is 5. The molecule has 0 unspecified atom stereocenters. The van der Waals surface area contributed by atoms with Crippen LogP contribution in [0.2, 0.25) is 0 Å². The molecule has 0 bridgehead atoms. The van der Waals surface area contributed by atoms with Crippen LogP contribution in [0.3, 0.4) is 0 Å². The smallest absolute Gasteiger partial charge is 0.266 e. The molecule has 1 amide bonds. The fourth-order valence-corrected chi connectivity index (χ4v) is 3.79. The minimum absolute atomic E-state index is 0.00344. The average Bonchev–Trinajstić information content (AvgIpc) is 2.85. The number of thiocarbonyl (C=S) groups is 1. The fourth-order valence-electron chi connectivity index (χ4n) is 2.48. The SMILES string of the molecule is CCCCCCN1C(=O)/C(=C\c2ccc(OC)c(OC)c2)SC1=S. The summed E-state index contributed by atoms with van der Waals surface area (Å²) < 4.78 is 11.2. The van der Waals surface area contributed by atoms with Gasteiger partial charge in [0.1, 0.15) is 4.32 Å². The molecule has 0 spiro atoms. The molecule has 1 aromatic carbocycles. The molecule has 0 saturated carbocycles. The lowest BCUT2D eigenvalue weighted by atomic mass is 10.1. The van der Waals surface area contributed by atoms with Gasteiger partial charge in [0, 0.05) is 6.54 Å². The molecule has 4 nitrogen and oxygen atoms in total. The average molecular weight is 366 g/mol. The molecule has 1 saturated heterocycles. The van der Waals surface area contributed by atoms with Gasteiger partial charge in [-0.1, -0.05) is 56.2 Å². The van der Waals surface area contributed by atoms with E-state index in [2.05, 4.69) is 6.92 Å². The van der Waals surface area contributed by atoms with Crippen molar-refractivity contribution < 1.29 is 14.3 Å². The first kappa shape index (κ1) is 18.8. The molecule has 2 rings (SSSR count). The first-order chi connectivity index (χ1) is 11.6. The molecule has 6 heteroatoms. The largest absolute Gasteiger partial charge is 0.493 e. The van der Waals surface area contributed by atoms with Crippen LogP contribution in [-0.4, -0.2) is 35.9 Å². The van der Waals surface area contributed by atoms with Gasteiger partial charge in [-0.3, -0.25) is 9.69 Å². The Kier molecular flexibility index (Phi) is 7.12. The van der Waals surface area contributed by atoms with Crippen LogP contribution in [0.5, 0.6) is 11.5 Å². The maximum Gasteiger partial charge on any atom is 0.266 e. The van der Waals surface area contributed by atoms with Crippen molar-refractivity contribution in [3.05, 3.63) is 28.7 Å². The van der Waals surface area contributed by atoms with Gasteiger partial charge in [0.2, 0.25) is 0 Å². The minimum Gasteiger partial charge on any atom is -0.493 e. The zero-order chi connectivity index (χ0) is 17.5. The van der Waals surface area contributed by atoms with Gasteiger partial charge in [-0.05, 0) is 30.2 Å². The number of methoxy groups -OCH3 is 2. The molecule has 0 aliphatic carbocycles. The van der Waals surface area contributed by atoms with Crippen LogP contribution in [0.15, 0.2) is 23.1 Å². The van der Waals surface area contributed by atoms with Crippen LogP contribution >= 0.6 is 24.0 Å². The predicted octanol–water partition coefficient (Wildman–Crippen LogP) is 4.49. The summed E-state index contributed by atoms with van der Waals surface area (Å²) in [5, 5.41) is 0.